The third kappa shape index (κ3) is 2.32. The lowest BCUT2D eigenvalue weighted by atomic mass is 9.99. The van der Waals surface area contributed by atoms with Crippen LogP contribution in [0.25, 0.3) is 10.9 Å². The maximum atomic E-state index is 6.23. The molecule has 5 heteroatoms. The van der Waals surface area contributed by atoms with E-state index in [4.69, 9.17) is 11.5 Å². The third-order valence-corrected chi connectivity index (χ3v) is 3.24. The average molecular weight is 255 g/mol. The van der Waals surface area contributed by atoms with Gasteiger partial charge in [0.1, 0.15) is 5.66 Å². The fourth-order valence-electron chi connectivity index (χ4n) is 2.43. The summed E-state index contributed by atoms with van der Waals surface area (Å²) in [5.74, 6) is 0.351. The van der Waals surface area contributed by atoms with Gasteiger partial charge in [-0.15, -0.1) is 0 Å². The SMILES string of the molecule is Cc1cc2cc(CC3(N)C=CNC(N)=N3)ccc2[nH]1. The van der Waals surface area contributed by atoms with Gasteiger partial charge < -0.3 is 21.8 Å². The van der Waals surface area contributed by atoms with Crippen LogP contribution in [0.3, 0.4) is 0 Å². The molecule has 0 amide bonds. The summed E-state index contributed by atoms with van der Waals surface area (Å²) in [4.78, 5) is 7.56. The Kier molecular flexibility index (Phi) is 2.57. The summed E-state index contributed by atoms with van der Waals surface area (Å²) in [6.07, 6.45) is 4.18. The van der Waals surface area contributed by atoms with Crippen LogP contribution < -0.4 is 16.8 Å². The van der Waals surface area contributed by atoms with Crippen LogP contribution in [0.4, 0.5) is 0 Å². The predicted octanol–water partition coefficient (Wildman–Crippen LogP) is 1.11. The van der Waals surface area contributed by atoms with Crippen LogP contribution in [0.15, 0.2) is 41.5 Å². The van der Waals surface area contributed by atoms with Crippen molar-refractivity contribution >= 4 is 16.9 Å². The summed E-state index contributed by atoms with van der Waals surface area (Å²) in [5, 5.41) is 4.01. The fraction of sp³-hybridized carbons (Fsp3) is 0.214. The van der Waals surface area contributed by atoms with Gasteiger partial charge in [0.2, 0.25) is 0 Å². The number of rotatable bonds is 2. The van der Waals surface area contributed by atoms with Gasteiger partial charge in [0.25, 0.3) is 0 Å². The molecule has 0 fully saturated rings. The number of aliphatic imine (C=N–C) groups is 1. The maximum Gasteiger partial charge on any atom is 0.194 e. The Hall–Kier alpha value is -2.27. The normalized spacial score (nSPS) is 22.3. The summed E-state index contributed by atoms with van der Waals surface area (Å²) in [6, 6.07) is 8.39. The second-order valence-corrected chi connectivity index (χ2v) is 5.02. The van der Waals surface area contributed by atoms with Crippen LogP contribution in [0.5, 0.6) is 0 Å². The van der Waals surface area contributed by atoms with Gasteiger partial charge in [-0.1, -0.05) is 6.07 Å². The maximum absolute atomic E-state index is 6.23. The van der Waals surface area contributed by atoms with Crippen molar-refractivity contribution in [3.8, 4) is 0 Å². The Balaban J connectivity index is 1.92. The average Bonchev–Trinajstić information content (AvgIpc) is 2.67. The number of aromatic amines is 1. The van der Waals surface area contributed by atoms with Gasteiger partial charge in [-0.2, -0.15) is 0 Å². The number of guanidine groups is 1. The number of aromatic nitrogens is 1. The zero-order valence-electron chi connectivity index (χ0n) is 10.8. The zero-order valence-corrected chi connectivity index (χ0v) is 10.8. The smallest absolute Gasteiger partial charge is 0.194 e. The highest BCUT2D eigenvalue weighted by atomic mass is 15.2. The second-order valence-electron chi connectivity index (χ2n) is 5.02. The van der Waals surface area contributed by atoms with E-state index in [1.165, 1.54) is 5.39 Å². The molecule has 0 saturated carbocycles. The molecule has 0 aliphatic carbocycles. The Morgan fingerprint density at radius 2 is 2.16 bits per heavy atom. The number of benzene rings is 1. The Morgan fingerprint density at radius 3 is 2.95 bits per heavy atom. The molecule has 2 heterocycles. The van der Waals surface area contributed by atoms with Crippen LogP contribution in [0, 0.1) is 6.92 Å². The lowest BCUT2D eigenvalue weighted by Gasteiger charge is -2.25. The Morgan fingerprint density at radius 1 is 1.32 bits per heavy atom. The highest BCUT2D eigenvalue weighted by Gasteiger charge is 2.24. The molecule has 98 valence electrons. The number of nitrogens with zero attached hydrogens (tertiary/aromatic N) is 1. The quantitative estimate of drug-likeness (QED) is 0.647. The molecule has 19 heavy (non-hydrogen) atoms. The topological polar surface area (TPSA) is 92.2 Å². The van der Waals surface area contributed by atoms with Gasteiger partial charge in [-0.3, -0.25) is 0 Å². The lowest BCUT2D eigenvalue weighted by Crippen LogP contribution is -2.45. The molecule has 1 aliphatic rings. The molecular formula is C14H17N5. The summed E-state index contributed by atoms with van der Waals surface area (Å²) < 4.78 is 0. The van der Waals surface area contributed by atoms with Crippen molar-refractivity contribution in [2.75, 3.05) is 0 Å². The highest BCUT2D eigenvalue weighted by molar-refractivity contribution is 5.82. The number of H-pyrrole nitrogens is 1. The van der Waals surface area contributed by atoms with E-state index in [0.29, 0.717) is 12.4 Å². The minimum absolute atomic E-state index is 0.351. The molecule has 1 unspecified atom stereocenters. The monoisotopic (exact) mass is 255 g/mol. The second kappa shape index (κ2) is 4.13. The van der Waals surface area contributed by atoms with E-state index in [-0.39, 0.29) is 0 Å². The van der Waals surface area contributed by atoms with Crippen LogP contribution >= 0.6 is 0 Å². The van der Waals surface area contributed by atoms with Gasteiger partial charge in [-0.05, 0) is 42.1 Å². The van der Waals surface area contributed by atoms with Crippen LogP contribution in [-0.4, -0.2) is 16.6 Å². The molecule has 1 atom stereocenters. The number of hydrogen-bond acceptors (Lipinski definition) is 4. The number of nitrogens with one attached hydrogen (secondary N) is 2. The molecule has 0 bridgehead atoms. The first-order valence-corrected chi connectivity index (χ1v) is 6.21. The van der Waals surface area contributed by atoms with Crippen molar-refractivity contribution in [3.05, 3.63) is 47.8 Å². The van der Waals surface area contributed by atoms with Gasteiger partial charge >= 0.3 is 0 Å². The Labute approximate surface area is 111 Å². The van der Waals surface area contributed by atoms with Crippen molar-refractivity contribution in [1.82, 2.24) is 10.3 Å². The molecule has 1 aromatic heterocycles. The largest absolute Gasteiger partial charge is 0.370 e. The molecule has 6 N–H and O–H groups in total. The van der Waals surface area contributed by atoms with Gasteiger partial charge in [0.05, 0.1) is 0 Å². The summed E-state index contributed by atoms with van der Waals surface area (Å²) in [5.41, 5.74) is 14.5. The lowest BCUT2D eigenvalue weighted by molar-refractivity contribution is 0.542. The summed E-state index contributed by atoms with van der Waals surface area (Å²) >= 11 is 0. The molecule has 3 rings (SSSR count). The van der Waals surface area contributed by atoms with Crippen molar-refractivity contribution < 1.29 is 0 Å². The zero-order chi connectivity index (χ0) is 13.5. The first kappa shape index (κ1) is 11.8. The molecule has 0 saturated heterocycles. The minimum Gasteiger partial charge on any atom is -0.370 e. The molecule has 1 aromatic carbocycles. The minimum atomic E-state index is -0.769. The number of hydrogen-bond donors (Lipinski definition) is 4. The van der Waals surface area contributed by atoms with E-state index in [1.54, 1.807) is 6.20 Å². The Bertz CT molecular complexity index is 682. The van der Waals surface area contributed by atoms with Crippen LogP contribution in [0.1, 0.15) is 11.3 Å². The van der Waals surface area contributed by atoms with E-state index < -0.39 is 5.66 Å². The van der Waals surface area contributed by atoms with Crippen LogP contribution in [0.2, 0.25) is 0 Å². The molecule has 0 radical (unpaired) electrons. The van der Waals surface area contributed by atoms with E-state index in [2.05, 4.69) is 39.6 Å². The summed E-state index contributed by atoms with van der Waals surface area (Å²) in [7, 11) is 0. The fourth-order valence-corrected chi connectivity index (χ4v) is 2.43. The first-order valence-electron chi connectivity index (χ1n) is 6.21. The highest BCUT2D eigenvalue weighted by Crippen LogP contribution is 2.21. The molecular weight excluding hydrogens is 238 g/mol. The number of fused-ring (bicyclic) bond motifs is 1. The summed E-state index contributed by atoms with van der Waals surface area (Å²) in [6.45, 7) is 2.05. The van der Waals surface area contributed by atoms with E-state index in [1.807, 2.05) is 13.0 Å². The molecule has 0 spiro atoms. The molecule has 5 nitrogen and oxygen atoms in total. The van der Waals surface area contributed by atoms with Gasteiger partial charge in [0.15, 0.2) is 5.96 Å². The van der Waals surface area contributed by atoms with Crippen LogP contribution in [-0.2, 0) is 6.42 Å². The van der Waals surface area contributed by atoms with Crippen molar-refractivity contribution in [2.45, 2.75) is 19.0 Å². The molecule has 2 aromatic rings. The predicted molar refractivity (Wildman–Crippen MR) is 77.6 cm³/mol. The number of aryl methyl sites for hydroxylation is 1. The number of nitrogens with two attached hydrogens (primary N) is 2. The van der Waals surface area contributed by atoms with Gasteiger partial charge in [0, 0.05) is 23.8 Å². The van der Waals surface area contributed by atoms with Crippen molar-refractivity contribution in [3.63, 3.8) is 0 Å². The standard InChI is InChI=1S/C14H17N5/c1-9-6-11-7-10(2-3-12(11)18-9)8-14(16)4-5-17-13(15)19-14/h2-7,18H,8,16H2,1H3,(H3,15,17,19). The first-order chi connectivity index (χ1) is 9.04. The molecule has 1 aliphatic heterocycles. The van der Waals surface area contributed by atoms with E-state index >= 15 is 0 Å². The van der Waals surface area contributed by atoms with E-state index in [0.717, 1.165) is 16.8 Å². The van der Waals surface area contributed by atoms with E-state index in [9.17, 15) is 0 Å². The van der Waals surface area contributed by atoms with Crippen molar-refractivity contribution in [2.24, 2.45) is 16.5 Å². The van der Waals surface area contributed by atoms with Gasteiger partial charge in [-0.25, -0.2) is 4.99 Å². The third-order valence-electron chi connectivity index (χ3n) is 3.24. The van der Waals surface area contributed by atoms with Crippen molar-refractivity contribution in [1.29, 1.82) is 0 Å².